The number of hydrogen-bond acceptors (Lipinski definition) is 1. The molecular formula is C46H96MoOS2. The molecule has 0 bridgehead atoms. The van der Waals surface area contributed by atoms with Gasteiger partial charge in [-0.15, -0.1) is 12.6 Å². The molecule has 4 heteroatoms. The van der Waals surface area contributed by atoms with Gasteiger partial charge in [0.15, 0.2) is 0 Å². The molecule has 1 nitrogen and oxygen atoms in total. The summed E-state index contributed by atoms with van der Waals surface area (Å²) >= 11 is 5.59. The molecule has 50 heavy (non-hydrogen) atoms. The van der Waals surface area contributed by atoms with Gasteiger partial charge in [0.05, 0.1) is 6.61 Å². The molecule has 0 unspecified atom stereocenters. The van der Waals surface area contributed by atoms with Crippen LogP contribution in [-0.4, -0.2) is 34.0 Å². The van der Waals surface area contributed by atoms with Crippen LogP contribution in [0.5, 0.6) is 0 Å². The Morgan fingerprint density at radius 3 is 0.760 bits per heavy atom. The number of thiol groups is 1. The molecule has 0 aliphatic heterocycles. The second-order valence-electron chi connectivity index (χ2n) is 16.3. The third-order valence-electron chi connectivity index (χ3n) is 11.6. The molecular weight excluding hydrogens is 729 g/mol. The van der Waals surface area contributed by atoms with Gasteiger partial charge >= 0.3 is 0 Å². The minimum atomic E-state index is -1.95. The Balaban J connectivity index is 0. The van der Waals surface area contributed by atoms with E-state index in [-0.39, 0.29) is 21.1 Å². The summed E-state index contributed by atoms with van der Waals surface area (Å²) in [5.41, 5.74) is 0. The van der Waals surface area contributed by atoms with E-state index in [2.05, 4.69) is 34.6 Å². The van der Waals surface area contributed by atoms with Gasteiger partial charge in [-0.2, -0.15) is 0 Å². The summed E-state index contributed by atoms with van der Waals surface area (Å²) in [5.74, 6) is 5.68. The first-order chi connectivity index (χ1) is 24.0. The molecule has 0 heterocycles. The average molecular weight is 825 g/mol. The molecule has 0 aromatic heterocycles. The third kappa shape index (κ3) is 28.6. The Labute approximate surface area is 338 Å². The maximum atomic E-state index is 7.01. The summed E-state index contributed by atoms with van der Waals surface area (Å²) < 4.78 is 8.30. The van der Waals surface area contributed by atoms with Crippen LogP contribution in [0.15, 0.2) is 0 Å². The van der Waals surface area contributed by atoms with Crippen molar-refractivity contribution in [2.24, 2.45) is 0 Å². The Bertz CT molecular complexity index is 642. The fourth-order valence-corrected chi connectivity index (χ4v) is 15.5. The van der Waals surface area contributed by atoms with Gasteiger partial charge in [0.25, 0.3) is 0 Å². The van der Waals surface area contributed by atoms with Gasteiger partial charge in [0.1, 0.15) is 4.38 Å². The second kappa shape index (κ2) is 39.9. The summed E-state index contributed by atoms with van der Waals surface area (Å²) in [7, 11) is -1.95. The van der Waals surface area contributed by atoms with Crippen LogP contribution in [0.2, 0.25) is 0 Å². The van der Waals surface area contributed by atoms with E-state index in [9.17, 15) is 0 Å². The first kappa shape index (κ1) is 53.3. The maximum absolute atomic E-state index is 7.01. The SMILES string of the molecule is CCCCCCCCCOC(S)=S(CCCCCCCCC)(CCCCCCCCC)(CCCCCCCCC)CCCCCCCCC.[Mo]. The summed E-state index contributed by atoms with van der Waals surface area (Å²) in [5, 5.41) is 0. The molecule has 0 atom stereocenters. The van der Waals surface area contributed by atoms with E-state index in [0.29, 0.717) is 0 Å². The van der Waals surface area contributed by atoms with E-state index in [1.807, 2.05) is 0 Å². The predicted octanol–water partition coefficient (Wildman–Crippen LogP) is 17.1. The van der Waals surface area contributed by atoms with E-state index in [4.69, 9.17) is 17.4 Å². The zero-order valence-corrected chi connectivity index (χ0v) is 39.2. The van der Waals surface area contributed by atoms with Crippen molar-refractivity contribution in [2.75, 3.05) is 29.6 Å². The van der Waals surface area contributed by atoms with Crippen LogP contribution in [0.25, 0.3) is 0 Å². The topological polar surface area (TPSA) is 9.23 Å². The molecule has 0 N–H and O–H groups in total. The smallest absolute Gasteiger partial charge is 0.116 e. The quantitative estimate of drug-likeness (QED) is 0.0280. The third-order valence-corrected chi connectivity index (χ3v) is 19.8. The fourth-order valence-electron chi connectivity index (χ4n) is 8.10. The van der Waals surface area contributed by atoms with Crippen molar-refractivity contribution >= 4 is 25.8 Å². The fraction of sp³-hybridized carbons (Fsp3) is 0.978. The van der Waals surface area contributed by atoms with Crippen LogP contribution in [0, 0.1) is 0 Å². The predicted molar refractivity (Wildman–Crippen MR) is 237 cm³/mol. The second-order valence-corrected chi connectivity index (χ2v) is 22.7. The van der Waals surface area contributed by atoms with Crippen LogP contribution in [-0.2, 0) is 25.8 Å². The first-order valence-corrected chi connectivity index (χ1v) is 26.3. The molecule has 0 radical (unpaired) electrons. The molecule has 0 aliphatic rings. The van der Waals surface area contributed by atoms with E-state index in [1.54, 1.807) is 0 Å². The van der Waals surface area contributed by atoms with Crippen molar-refractivity contribution in [1.82, 2.24) is 0 Å². The van der Waals surface area contributed by atoms with Crippen LogP contribution in [0.3, 0.4) is 0 Å². The van der Waals surface area contributed by atoms with Gasteiger partial charge in [-0.1, -0.05) is 227 Å². The van der Waals surface area contributed by atoms with Gasteiger partial charge in [-0.25, -0.2) is 8.75 Å². The number of rotatable bonds is 40. The number of ether oxygens (including phenoxy) is 1. The van der Waals surface area contributed by atoms with Gasteiger partial charge in [0.2, 0.25) is 0 Å². The molecule has 0 aromatic rings. The minimum absolute atomic E-state index is 0. The minimum Gasteiger partial charge on any atom is -0.336 e. The normalized spacial score (nSPS) is 12.6. The zero-order valence-electron chi connectivity index (χ0n) is 35.5. The Kier molecular flexibility index (Phi) is 42.5. The number of unbranched alkanes of at least 4 members (excludes halogenated alkanes) is 30. The van der Waals surface area contributed by atoms with Crippen molar-refractivity contribution in [3.05, 3.63) is 0 Å². The van der Waals surface area contributed by atoms with E-state index in [1.165, 1.54) is 252 Å². The molecule has 0 saturated heterocycles. The largest absolute Gasteiger partial charge is 0.336 e. The zero-order chi connectivity index (χ0) is 36.0. The standard InChI is InChI=1S/C46H96OS2.Mo/c1-6-11-16-21-26-31-36-41-47-46(48)49(42-37-32-27-22-17-12-7-2,43-38-33-28-23-18-13-8-3,44-39-34-29-24-19-14-9-4)45-40-35-30-25-20-15-10-5;/h48H,6-45H2,1-5H3;. The van der Waals surface area contributed by atoms with Gasteiger partial charge < -0.3 is 4.74 Å². The summed E-state index contributed by atoms with van der Waals surface area (Å²) in [4.78, 5) is 0. The van der Waals surface area contributed by atoms with E-state index in [0.717, 1.165) is 6.61 Å². The van der Waals surface area contributed by atoms with Crippen LogP contribution in [0.1, 0.15) is 259 Å². The molecule has 0 amide bonds. The Morgan fingerprint density at radius 2 is 0.520 bits per heavy atom. The Morgan fingerprint density at radius 1 is 0.320 bits per heavy atom. The molecule has 0 spiro atoms. The van der Waals surface area contributed by atoms with Crippen LogP contribution >= 0.6 is 21.4 Å². The van der Waals surface area contributed by atoms with Crippen molar-refractivity contribution < 1.29 is 25.8 Å². The summed E-state index contributed by atoms with van der Waals surface area (Å²) in [6.45, 7) is 12.6. The molecule has 0 aromatic carbocycles. The monoisotopic (exact) mass is 827 g/mol. The first-order valence-electron chi connectivity index (χ1n) is 23.1. The van der Waals surface area contributed by atoms with Gasteiger partial charge in [0, 0.05) is 21.1 Å². The van der Waals surface area contributed by atoms with Crippen molar-refractivity contribution in [2.45, 2.75) is 259 Å². The van der Waals surface area contributed by atoms with Gasteiger partial charge in [-0.3, -0.25) is 0 Å². The number of hydrogen-bond donors (Lipinski definition) is 1. The average Bonchev–Trinajstić information content (AvgIpc) is 3.11. The van der Waals surface area contributed by atoms with Crippen LogP contribution < -0.4 is 0 Å². The maximum Gasteiger partial charge on any atom is 0.116 e. The molecule has 0 fully saturated rings. The van der Waals surface area contributed by atoms with Crippen molar-refractivity contribution in [1.29, 1.82) is 0 Å². The molecule has 0 rings (SSSR count). The molecule has 0 saturated carbocycles. The van der Waals surface area contributed by atoms with Crippen LogP contribution in [0.4, 0.5) is 0 Å². The van der Waals surface area contributed by atoms with E-state index < -0.39 is 8.75 Å². The Hall–Kier alpha value is 1.22. The van der Waals surface area contributed by atoms with Crippen molar-refractivity contribution in [3.8, 4) is 0 Å². The van der Waals surface area contributed by atoms with Crippen molar-refractivity contribution in [3.63, 3.8) is 0 Å². The molecule has 0 aliphatic carbocycles. The summed E-state index contributed by atoms with van der Waals surface area (Å²) in [6, 6.07) is 0. The van der Waals surface area contributed by atoms with Gasteiger partial charge in [-0.05, 0) is 55.1 Å². The van der Waals surface area contributed by atoms with E-state index >= 15 is 0 Å². The molecule has 304 valence electrons. The summed E-state index contributed by atoms with van der Waals surface area (Å²) in [6.07, 6.45) is 48.9.